The molecular weight excluding hydrogens is 322 g/mol. The maximum atomic E-state index is 11.6. The Labute approximate surface area is 148 Å². The third-order valence-electron chi connectivity index (χ3n) is 4.78. The number of esters is 1. The predicted octanol–water partition coefficient (Wildman–Crippen LogP) is 4.86. The van der Waals surface area contributed by atoms with Gasteiger partial charge in [-0.15, -0.1) is 0 Å². The van der Waals surface area contributed by atoms with Gasteiger partial charge in [-0.3, -0.25) is 0 Å². The number of halogens is 1. The van der Waals surface area contributed by atoms with E-state index in [1.165, 1.54) is 23.9 Å². The topological polar surface area (TPSA) is 29.5 Å². The lowest BCUT2D eigenvalue weighted by atomic mass is 9.86. The molecule has 4 heteroatoms. The number of nitrogens with zero attached hydrogens (tertiary/aromatic N) is 1. The molecule has 0 radical (unpaired) electrons. The van der Waals surface area contributed by atoms with Gasteiger partial charge in [-0.2, -0.15) is 0 Å². The number of methoxy groups -OCH3 is 1. The number of rotatable bonds is 3. The van der Waals surface area contributed by atoms with Crippen LogP contribution < -0.4 is 4.90 Å². The van der Waals surface area contributed by atoms with Crippen LogP contribution in [-0.2, 0) is 17.7 Å². The monoisotopic (exact) mass is 343 g/mol. The van der Waals surface area contributed by atoms with Crippen molar-refractivity contribution in [3.8, 4) is 0 Å². The summed E-state index contributed by atoms with van der Waals surface area (Å²) < 4.78 is 4.76. The van der Waals surface area contributed by atoms with E-state index in [0.717, 1.165) is 24.4 Å². The molecule has 0 fully saturated rings. The molecule has 0 spiro atoms. The average Bonchev–Trinajstić information content (AvgIpc) is 2.57. The van der Waals surface area contributed by atoms with Crippen LogP contribution in [0.4, 0.5) is 5.69 Å². The van der Waals surface area contributed by atoms with E-state index in [9.17, 15) is 4.79 Å². The van der Waals surface area contributed by atoms with Crippen LogP contribution in [0.3, 0.4) is 0 Å². The second kappa shape index (κ2) is 6.48. The first-order chi connectivity index (χ1) is 11.4. The number of hydrogen-bond acceptors (Lipinski definition) is 3. The molecule has 0 atom stereocenters. The zero-order valence-corrected chi connectivity index (χ0v) is 15.1. The predicted molar refractivity (Wildman–Crippen MR) is 97.8 cm³/mol. The van der Waals surface area contributed by atoms with E-state index in [4.69, 9.17) is 16.3 Å². The van der Waals surface area contributed by atoms with Crippen LogP contribution in [-0.4, -0.2) is 18.6 Å². The molecule has 1 heterocycles. The SMILES string of the molecule is COC(=O)c1ccc(CN2c3ccc(Cl)cc3CCC2(C)C)cc1. The lowest BCUT2D eigenvalue weighted by Crippen LogP contribution is -2.47. The molecule has 0 saturated heterocycles. The van der Waals surface area contributed by atoms with Crippen LogP contribution in [0.15, 0.2) is 42.5 Å². The minimum absolute atomic E-state index is 0.0713. The van der Waals surface area contributed by atoms with E-state index in [1.807, 2.05) is 30.3 Å². The molecular formula is C20H22ClNO2. The fourth-order valence-electron chi connectivity index (χ4n) is 3.27. The van der Waals surface area contributed by atoms with Crippen LogP contribution in [0.1, 0.15) is 41.8 Å². The standard InChI is InChI=1S/C20H22ClNO2/c1-20(2)11-10-16-12-17(21)8-9-18(16)22(20)13-14-4-6-15(7-5-14)19(23)24-3/h4-9,12H,10-11,13H2,1-3H3. The molecule has 1 aliphatic rings. The number of benzene rings is 2. The van der Waals surface area contributed by atoms with Gasteiger partial charge in [0.2, 0.25) is 0 Å². The Morgan fingerprint density at radius 1 is 1.21 bits per heavy atom. The van der Waals surface area contributed by atoms with Gasteiger partial charge in [-0.1, -0.05) is 23.7 Å². The summed E-state index contributed by atoms with van der Waals surface area (Å²) in [4.78, 5) is 14.0. The Bertz CT molecular complexity index is 753. The summed E-state index contributed by atoms with van der Waals surface area (Å²) >= 11 is 6.15. The van der Waals surface area contributed by atoms with Crippen molar-refractivity contribution in [2.45, 2.75) is 38.8 Å². The summed E-state index contributed by atoms with van der Waals surface area (Å²) in [6, 6.07) is 13.8. The first-order valence-corrected chi connectivity index (χ1v) is 8.52. The Morgan fingerprint density at radius 3 is 2.58 bits per heavy atom. The number of ether oxygens (including phenoxy) is 1. The molecule has 126 valence electrons. The van der Waals surface area contributed by atoms with Gasteiger partial charge in [0.25, 0.3) is 0 Å². The Kier molecular flexibility index (Phi) is 4.55. The minimum atomic E-state index is -0.306. The molecule has 24 heavy (non-hydrogen) atoms. The van der Waals surface area contributed by atoms with Crippen molar-refractivity contribution in [2.24, 2.45) is 0 Å². The molecule has 0 aliphatic carbocycles. The van der Waals surface area contributed by atoms with Crippen molar-refractivity contribution in [1.29, 1.82) is 0 Å². The van der Waals surface area contributed by atoms with E-state index >= 15 is 0 Å². The first-order valence-electron chi connectivity index (χ1n) is 8.14. The van der Waals surface area contributed by atoms with Crippen molar-refractivity contribution in [2.75, 3.05) is 12.0 Å². The minimum Gasteiger partial charge on any atom is -0.465 e. The van der Waals surface area contributed by atoms with Gasteiger partial charge >= 0.3 is 5.97 Å². The summed E-state index contributed by atoms with van der Waals surface area (Å²) in [5, 5.41) is 0.788. The molecule has 2 aromatic carbocycles. The zero-order chi connectivity index (χ0) is 17.3. The fraction of sp³-hybridized carbons (Fsp3) is 0.350. The van der Waals surface area contributed by atoms with Crippen molar-refractivity contribution in [3.05, 3.63) is 64.2 Å². The lowest BCUT2D eigenvalue weighted by Gasteiger charge is -2.45. The van der Waals surface area contributed by atoms with E-state index in [-0.39, 0.29) is 11.5 Å². The summed E-state index contributed by atoms with van der Waals surface area (Å²) in [6.45, 7) is 5.34. The summed E-state index contributed by atoms with van der Waals surface area (Å²) in [5.74, 6) is -0.306. The van der Waals surface area contributed by atoms with Gasteiger partial charge < -0.3 is 9.64 Å². The van der Waals surface area contributed by atoms with Gasteiger partial charge in [0, 0.05) is 22.8 Å². The summed E-state index contributed by atoms with van der Waals surface area (Å²) in [7, 11) is 1.40. The number of carbonyl (C=O) groups is 1. The largest absolute Gasteiger partial charge is 0.465 e. The average molecular weight is 344 g/mol. The van der Waals surface area contributed by atoms with Gasteiger partial charge in [0.15, 0.2) is 0 Å². The maximum absolute atomic E-state index is 11.6. The number of aryl methyl sites for hydroxylation is 1. The summed E-state index contributed by atoms with van der Waals surface area (Å²) in [5.41, 5.74) is 4.35. The van der Waals surface area contributed by atoms with Crippen LogP contribution in [0.5, 0.6) is 0 Å². The Hall–Kier alpha value is -2.00. The quantitative estimate of drug-likeness (QED) is 0.745. The van der Waals surface area contributed by atoms with Crippen molar-refractivity contribution >= 4 is 23.3 Å². The number of carbonyl (C=O) groups excluding carboxylic acids is 1. The van der Waals surface area contributed by atoms with Crippen molar-refractivity contribution in [1.82, 2.24) is 0 Å². The fourth-order valence-corrected chi connectivity index (χ4v) is 3.46. The first kappa shape index (κ1) is 16.8. The molecule has 0 bridgehead atoms. The smallest absolute Gasteiger partial charge is 0.337 e. The Morgan fingerprint density at radius 2 is 1.92 bits per heavy atom. The third-order valence-corrected chi connectivity index (χ3v) is 5.02. The molecule has 0 N–H and O–H groups in total. The van der Waals surface area contributed by atoms with Crippen LogP contribution in [0.2, 0.25) is 5.02 Å². The van der Waals surface area contributed by atoms with Gasteiger partial charge in [-0.05, 0) is 68.1 Å². The molecule has 0 aromatic heterocycles. The van der Waals surface area contributed by atoms with E-state index in [2.05, 4.69) is 30.9 Å². The third kappa shape index (κ3) is 3.27. The highest BCUT2D eigenvalue weighted by Gasteiger charge is 2.32. The van der Waals surface area contributed by atoms with Crippen molar-refractivity contribution in [3.63, 3.8) is 0 Å². The lowest BCUT2D eigenvalue weighted by molar-refractivity contribution is 0.0600. The number of hydrogen-bond donors (Lipinski definition) is 0. The number of fused-ring (bicyclic) bond motifs is 1. The summed E-state index contributed by atoms with van der Waals surface area (Å²) in [6.07, 6.45) is 2.13. The second-order valence-electron chi connectivity index (χ2n) is 6.86. The zero-order valence-electron chi connectivity index (χ0n) is 14.3. The highest BCUT2D eigenvalue weighted by Crippen LogP contribution is 2.38. The normalized spacial score (nSPS) is 15.8. The molecule has 3 nitrogen and oxygen atoms in total. The van der Waals surface area contributed by atoms with Gasteiger partial charge in [0.1, 0.15) is 0 Å². The maximum Gasteiger partial charge on any atom is 0.337 e. The molecule has 0 amide bonds. The van der Waals surface area contributed by atoms with E-state index in [1.54, 1.807) is 0 Å². The van der Waals surface area contributed by atoms with E-state index < -0.39 is 0 Å². The molecule has 3 rings (SSSR count). The molecule has 0 saturated carbocycles. The highest BCUT2D eigenvalue weighted by molar-refractivity contribution is 6.30. The highest BCUT2D eigenvalue weighted by atomic mass is 35.5. The molecule has 2 aromatic rings. The molecule has 1 aliphatic heterocycles. The Balaban J connectivity index is 1.89. The van der Waals surface area contributed by atoms with Crippen LogP contribution >= 0.6 is 11.6 Å². The molecule has 0 unspecified atom stereocenters. The second-order valence-corrected chi connectivity index (χ2v) is 7.30. The van der Waals surface area contributed by atoms with Crippen LogP contribution in [0.25, 0.3) is 0 Å². The van der Waals surface area contributed by atoms with Crippen LogP contribution in [0, 0.1) is 0 Å². The van der Waals surface area contributed by atoms with E-state index in [0.29, 0.717) is 5.56 Å². The van der Waals surface area contributed by atoms with Gasteiger partial charge in [0.05, 0.1) is 12.7 Å². The van der Waals surface area contributed by atoms with Crippen molar-refractivity contribution < 1.29 is 9.53 Å². The number of anilines is 1. The van der Waals surface area contributed by atoms with Gasteiger partial charge in [-0.25, -0.2) is 4.79 Å².